The highest BCUT2D eigenvalue weighted by molar-refractivity contribution is 7.89. The molecule has 1 aliphatic rings. The van der Waals surface area contributed by atoms with Crippen molar-refractivity contribution in [2.75, 3.05) is 25.0 Å². The Labute approximate surface area is 222 Å². The van der Waals surface area contributed by atoms with Crippen LogP contribution in [0.1, 0.15) is 26.7 Å². The average Bonchev–Trinajstić information content (AvgIpc) is 3.22. The van der Waals surface area contributed by atoms with E-state index in [4.69, 9.17) is 16.3 Å². The molecule has 0 atom stereocenters. The fraction of sp³-hybridized carbons (Fsp3) is 0.321. The Balaban J connectivity index is 1.30. The Kier molecular flexibility index (Phi) is 7.16. The Morgan fingerprint density at radius 3 is 2.46 bits per heavy atom. The Morgan fingerprint density at radius 1 is 1.00 bits per heavy atom. The Morgan fingerprint density at radius 2 is 1.73 bits per heavy atom. The van der Waals surface area contributed by atoms with E-state index in [9.17, 15) is 13.2 Å². The number of carbonyl (C=O) groups is 1. The van der Waals surface area contributed by atoms with E-state index in [2.05, 4.69) is 28.9 Å². The fourth-order valence-corrected chi connectivity index (χ4v) is 7.04. The monoisotopic (exact) mass is 539 g/mol. The van der Waals surface area contributed by atoms with Crippen LogP contribution in [0.2, 0.25) is 5.02 Å². The minimum absolute atomic E-state index is 0.0595. The van der Waals surface area contributed by atoms with Crippen LogP contribution in [-0.2, 0) is 21.4 Å². The lowest BCUT2D eigenvalue weighted by atomic mass is 9.97. The van der Waals surface area contributed by atoms with Crippen molar-refractivity contribution in [2.45, 2.75) is 38.1 Å². The van der Waals surface area contributed by atoms with Crippen molar-refractivity contribution >= 4 is 55.0 Å². The lowest BCUT2D eigenvalue weighted by Gasteiger charge is -2.31. The van der Waals surface area contributed by atoms with Crippen LogP contribution in [-0.4, -0.2) is 42.9 Å². The highest BCUT2D eigenvalue weighted by atomic mass is 35.5. The van der Waals surface area contributed by atoms with E-state index >= 15 is 0 Å². The number of sulfonamides is 1. The van der Waals surface area contributed by atoms with Crippen LogP contribution in [0.15, 0.2) is 65.6 Å². The van der Waals surface area contributed by atoms with Gasteiger partial charge in [-0.3, -0.25) is 4.79 Å². The zero-order valence-corrected chi connectivity index (χ0v) is 22.5. The Bertz CT molecular complexity index is 1570. The van der Waals surface area contributed by atoms with E-state index < -0.39 is 10.0 Å². The average molecular weight is 540 g/mol. The van der Waals surface area contributed by atoms with Gasteiger partial charge in [0.25, 0.3) is 0 Å². The molecular formula is C28H30ClN3O4S. The zero-order valence-electron chi connectivity index (χ0n) is 20.9. The van der Waals surface area contributed by atoms with E-state index in [0.29, 0.717) is 24.5 Å². The van der Waals surface area contributed by atoms with Crippen LogP contribution in [0.3, 0.4) is 0 Å². The van der Waals surface area contributed by atoms with Gasteiger partial charge in [-0.2, -0.15) is 4.31 Å². The van der Waals surface area contributed by atoms with Crippen LogP contribution >= 0.6 is 11.6 Å². The number of fused-ring (bicyclic) bond motifs is 3. The summed E-state index contributed by atoms with van der Waals surface area (Å²) in [6, 6.07) is 18.9. The van der Waals surface area contributed by atoms with E-state index in [0.717, 1.165) is 28.5 Å². The van der Waals surface area contributed by atoms with Crippen LogP contribution in [0, 0.1) is 5.92 Å². The predicted octanol–water partition coefficient (Wildman–Crippen LogP) is 5.91. The Hall–Kier alpha value is -3.07. The molecule has 1 N–H and O–H groups in total. The third-order valence-corrected chi connectivity index (χ3v) is 9.16. The first-order valence-electron chi connectivity index (χ1n) is 12.6. The van der Waals surface area contributed by atoms with E-state index in [1.807, 2.05) is 30.3 Å². The van der Waals surface area contributed by atoms with Gasteiger partial charge in [0, 0.05) is 58.1 Å². The molecule has 4 aromatic rings. The summed E-state index contributed by atoms with van der Waals surface area (Å²) < 4.78 is 35.9. The molecule has 5 rings (SSSR count). The second kappa shape index (κ2) is 10.4. The van der Waals surface area contributed by atoms with Gasteiger partial charge in [0.15, 0.2) is 0 Å². The van der Waals surface area contributed by atoms with Crippen molar-refractivity contribution in [1.82, 2.24) is 8.87 Å². The minimum atomic E-state index is -3.80. The standard InChI is InChI=1S/C28H30ClN3O4S/c1-3-32-24-8-6-5-7-22(24)23-18-21(10-11-25(23)32)30-28(33)19-13-15-31(16-14-19)37(34,35)27-17-20(29)9-12-26(27)36-4-2/h5-12,17-19H,3-4,13-16H2,1-2H3,(H,30,33). The fourth-order valence-electron chi connectivity index (χ4n) is 5.17. The molecule has 0 saturated carbocycles. The highest BCUT2D eigenvalue weighted by Gasteiger charge is 2.34. The molecule has 0 spiro atoms. The summed E-state index contributed by atoms with van der Waals surface area (Å²) in [6.07, 6.45) is 0.875. The number of hydrogen-bond acceptors (Lipinski definition) is 4. The lowest BCUT2D eigenvalue weighted by molar-refractivity contribution is -0.120. The van der Waals surface area contributed by atoms with Crippen LogP contribution in [0.4, 0.5) is 5.69 Å². The summed E-state index contributed by atoms with van der Waals surface area (Å²) in [5, 5.41) is 5.64. The van der Waals surface area contributed by atoms with Gasteiger partial charge < -0.3 is 14.6 Å². The molecular weight excluding hydrogens is 510 g/mol. The first-order valence-corrected chi connectivity index (χ1v) is 14.4. The van der Waals surface area contributed by atoms with Crippen molar-refractivity contribution in [3.63, 3.8) is 0 Å². The predicted molar refractivity (Wildman–Crippen MR) is 148 cm³/mol. The van der Waals surface area contributed by atoms with E-state index in [1.54, 1.807) is 19.1 Å². The maximum absolute atomic E-state index is 13.3. The second-order valence-corrected chi connectivity index (χ2v) is 11.5. The van der Waals surface area contributed by atoms with Gasteiger partial charge >= 0.3 is 0 Å². The summed E-state index contributed by atoms with van der Waals surface area (Å²) in [5.74, 6) is -0.0789. The lowest BCUT2D eigenvalue weighted by Crippen LogP contribution is -2.41. The molecule has 7 nitrogen and oxygen atoms in total. The third kappa shape index (κ3) is 4.81. The largest absolute Gasteiger partial charge is 0.492 e. The number of aryl methyl sites for hydroxylation is 1. The van der Waals surface area contributed by atoms with Gasteiger partial charge in [-0.1, -0.05) is 29.8 Å². The summed E-state index contributed by atoms with van der Waals surface area (Å²) in [4.78, 5) is 13.2. The minimum Gasteiger partial charge on any atom is -0.492 e. The zero-order chi connectivity index (χ0) is 26.2. The summed E-state index contributed by atoms with van der Waals surface area (Å²) in [5.41, 5.74) is 3.05. The number of nitrogens with one attached hydrogen (secondary N) is 1. The molecule has 1 saturated heterocycles. The van der Waals surface area contributed by atoms with Gasteiger partial charge in [0.05, 0.1) is 6.61 Å². The third-order valence-electron chi connectivity index (χ3n) is 7.00. The number of anilines is 1. The summed E-state index contributed by atoms with van der Waals surface area (Å²) in [7, 11) is -3.80. The molecule has 194 valence electrons. The van der Waals surface area contributed by atoms with E-state index in [1.165, 1.54) is 15.9 Å². The molecule has 1 aromatic heterocycles. The number of ether oxygens (including phenoxy) is 1. The number of nitrogens with zero attached hydrogens (tertiary/aromatic N) is 2. The van der Waals surface area contributed by atoms with Gasteiger partial charge in [-0.25, -0.2) is 8.42 Å². The quantitative estimate of drug-likeness (QED) is 0.317. The van der Waals surface area contributed by atoms with Crippen molar-refractivity contribution in [3.05, 3.63) is 65.7 Å². The number of para-hydroxylation sites is 1. The number of carbonyl (C=O) groups excluding carboxylic acids is 1. The van der Waals surface area contributed by atoms with Gasteiger partial charge in [0.1, 0.15) is 10.6 Å². The topological polar surface area (TPSA) is 80.6 Å². The second-order valence-electron chi connectivity index (χ2n) is 9.19. The van der Waals surface area contributed by atoms with Gasteiger partial charge in [-0.15, -0.1) is 0 Å². The molecule has 1 fully saturated rings. The summed E-state index contributed by atoms with van der Waals surface area (Å²) in [6.45, 7) is 5.63. The normalized spacial score (nSPS) is 15.3. The first-order chi connectivity index (χ1) is 17.8. The molecule has 3 aromatic carbocycles. The number of amides is 1. The van der Waals surface area contributed by atoms with Crippen LogP contribution in [0.5, 0.6) is 5.75 Å². The van der Waals surface area contributed by atoms with Crippen molar-refractivity contribution in [2.24, 2.45) is 5.92 Å². The smallest absolute Gasteiger partial charge is 0.246 e. The maximum Gasteiger partial charge on any atom is 0.246 e. The number of aromatic nitrogens is 1. The molecule has 0 aliphatic carbocycles. The SMILES string of the molecule is CCOc1ccc(Cl)cc1S(=O)(=O)N1CCC(C(=O)Nc2ccc3c(c2)c2ccccc2n3CC)CC1. The van der Waals surface area contributed by atoms with E-state index in [-0.39, 0.29) is 35.6 Å². The number of benzene rings is 3. The number of halogens is 1. The molecule has 1 aliphatic heterocycles. The molecule has 37 heavy (non-hydrogen) atoms. The molecule has 9 heteroatoms. The molecule has 0 radical (unpaired) electrons. The highest BCUT2D eigenvalue weighted by Crippen LogP contribution is 2.34. The maximum atomic E-state index is 13.3. The van der Waals surface area contributed by atoms with Gasteiger partial charge in [0.2, 0.25) is 15.9 Å². The number of hydrogen-bond donors (Lipinski definition) is 1. The molecule has 2 heterocycles. The number of piperidine rings is 1. The number of rotatable bonds is 7. The van der Waals surface area contributed by atoms with Crippen LogP contribution < -0.4 is 10.1 Å². The molecule has 0 unspecified atom stereocenters. The van der Waals surface area contributed by atoms with Gasteiger partial charge in [-0.05, 0) is 69.2 Å². The van der Waals surface area contributed by atoms with Crippen LogP contribution in [0.25, 0.3) is 21.8 Å². The molecule has 1 amide bonds. The molecule has 0 bridgehead atoms. The van der Waals surface area contributed by atoms with Crippen molar-refractivity contribution in [3.8, 4) is 5.75 Å². The van der Waals surface area contributed by atoms with Crippen molar-refractivity contribution in [1.29, 1.82) is 0 Å². The first kappa shape index (κ1) is 25.6. The summed E-state index contributed by atoms with van der Waals surface area (Å²) >= 11 is 6.09. The van der Waals surface area contributed by atoms with Crippen molar-refractivity contribution < 1.29 is 17.9 Å².